The number of aromatic hydroxyl groups is 1. The van der Waals surface area contributed by atoms with Gasteiger partial charge in [0.15, 0.2) is 0 Å². The number of pyridine rings is 1. The van der Waals surface area contributed by atoms with Crippen LogP contribution in [0, 0.1) is 6.92 Å². The smallest absolute Gasteiger partial charge is 0.237 e. The molecule has 0 aliphatic carbocycles. The standard InChI is InChI=1S/C29H37N5O3/c1-21-24(13-15-28(30)33-21)18-31-19-25(20-35)34-29(37)27(14-12-22-7-3-2-4-8-22)32-16-6-10-23-9-5-11-26(36)17-23/h2-5,7-9,11,13,15,17,20,25,27,31-32,36H,6,10,12,14,16,18-19H2,1H3,(H2,30,33)(H,34,37)/t25-,27+/m0/s1. The van der Waals surface area contributed by atoms with E-state index in [0.717, 1.165) is 47.9 Å². The van der Waals surface area contributed by atoms with Crippen molar-refractivity contribution in [3.05, 3.63) is 89.1 Å². The summed E-state index contributed by atoms with van der Waals surface area (Å²) < 4.78 is 0. The van der Waals surface area contributed by atoms with Crippen LogP contribution in [-0.2, 0) is 29.0 Å². The molecule has 0 unspecified atom stereocenters. The van der Waals surface area contributed by atoms with Crippen molar-refractivity contribution in [2.24, 2.45) is 0 Å². The van der Waals surface area contributed by atoms with Gasteiger partial charge in [-0.2, -0.15) is 0 Å². The van der Waals surface area contributed by atoms with Crippen LogP contribution in [0.4, 0.5) is 5.82 Å². The maximum atomic E-state index is 13.2. The van der Waals surface area contributed by atoms with Gasteiger partial charge >= 0.3 is 0 Å². The molecular weight excluding hydrogens is 466 g/mol. The van der Waals surface area contributed by atoms with Crippen LogP contribution in [0.25, 0.3) is 0 Å². The molecule has 2 atom stereocenters. The van der Waals surface area contributed by atoms with Crippen molar-refractivity contribution in [3.63, 3.8) is 0 Å². The first-order chi connectivity index (χ1) is 17.9. The molecule has 0 bridgehead atoms. The van der Waals surface area contributed by atoms with E-state index in [1.165, 1.54) is 0 Å². The number of hydrogen-bond donors (Lipinski definition) is 5. The predicted octanol–water partition coefficient (Wildman–Crippen LogP) is 2.67. The van der Waals surface area contributed by atoms with E-state index < -0.39 is 12.1 Å². The third-order valence-corrected chi connectivity index (χ3v) is 6.21. The van der Waals surface area contributed by atoms with Gasteiger partial charge in [-0.15, -0.1) is 0 Å². The Labute approximate surface area is 218 Å². The molecule has 0 aliphatic heterocycles. The highest BCUT2D eigenvalue weighted by molar-refractivity contribution is 5.84. The molecule has 2 aromatic carbocycles. The fourth-order valence-corrected chi connectivity index (χ4v) is 4.14. The predicted molar refractivity (Wildman–Crippen MR) is 146 cm³/mol. The van der Waals surface area contributed by atoms with Crippen LogP contribution in [0.5, 0.6) is 5.75 Å². The SMILES string of the molecule is Cc1nc(N)ccc1CNC[C@@H](C=O)NC(=O)[C@@H](CCc1ccccc1)NCCCc1cccc(O)c1. The molecule has 0 saturated carbocycles. The molecule has 37 heavy (non-hydrogen) atoms. The number of carbonyl (C=O) groups excluding carboxylic acids is 2. The summed E-state index contributed by atoms with van der Waals surface area (Å²) >= 11 is 0. The summed E-state index contributed by atoms with van der Waals surface area (Å²) in [6.45, 7) is 3.35. The molecule has 1 aromatic heterocycles. The van der Waals surface area contributed by atoms with Crippen LogP contribution >= 0.6 is 0 Å². The van der Waals surface area contributed by atoms with Crippen molar-refractivity contribution >= 4 is 18.0 Å². The average Bonchev–Trinajstić information content (AvgIpc) is 2.89. The first-order valence-corrected chi connectivity index (χ1v) is 12.7. The number of nitrogens with one attached hydrogen (secondary N) is 3. The molecule has 3 aromatic rings. The Balaban J connectivity index is 1.52. The summed E-state index contributed by atoms with van der Waals surface area (Å²) in [6.07, 6.45) is 3.71. The van der Waals surface area contributed by atoms with E-state index in [4.69, 9.17) is 5.73 Å². The zero-order valence-corrected chi connectivity index (χ0v) is 21.3. The molecule has 0 spiro atoms. The first kappa shape index (κ1) is 27.8. The Bertz CT molecular complexity index is 1140. The Morgan fingerprint density at radius 1 is 1.05 bits per heavy atom. The quantitative estimate of drug-likeness (QED) is 0.159. The summed E-state index contributed by atoms with van der Waals surface area (Å²) in [5, 5.41) is 19.1. The Morgan fingerprint density at radius 2 is 1.84 bits per heavy atom. The lowest BCUT2D eigenvalue weighted by atomic mass is 10.0. The zero-order valence-electron chi connectivity index (χ0n) is 21.3. The summed E-state index contributed by atoms with van der Waals surface area (Å²) in [4.78, 5) is 29.1. The summed E-state index contributed by atoms with van der Waals surface area (Å²) in [6, 6.07) is 19.8. The van der Waals surface area contributed by atoms with Gasteiger partial charge in [0, 0.05) is 18.8 Å². The van der Waals surface area contributed by atoms with Crippen molar-refractivity contribution < 1.29 is 14.7 Å². The van der Waals surface area contributed by atoms with Gasteiger partial charge in [-0.25, -0.2) is 4.98 Å². The Hall–Kier alpha value is -3.75. The van der Waals surface area contributed by atoms with Crippen molar-refractivity contribution in [1.29, 1.82) is 0 Å². The molecule has 0 saturated heterocycles. The largest absolute Gasteiger partial charge is 0.508 e. The molecule has 0 fully saturated rings. The third kappa shape index (κ3) is 9.67. The van der Waals surface area contributed by atoms with Crippen LogP contribution in [0.15, 0.2) is 66.7 Å². The maximum absolute atomic E-state index is 13.2. The topological polar surface area (TPSA) is 129 Å². The highest BCUT2D eigenvalue weighted by Crippen LogP contribution is 2.12. The molecule has 1 heterocycles. The van der Waals surface area contributed by atoms with Gasteiger partial charge in [0.2, 0.25) is 5.91 Å². The highest BCUT2D eigenvalue weighted by Gasteiger charge is 2.21. The Morgan fingerprint density at radius 3 is 2.57 bits per heavy atom. The monoisotopic (exact) mass is 503 g/mol. The number of rotatable bonds is 15. The second-order valence-electron chi connectivity index (χ2n) is 9.17. The molecule has 3 rings (SSSR count). The fraction of sp³-hybridized carbons (Fsp3) is 0.345. The van der Waals surface area contributed by atoms with Gasteiger partial charge in [0.05, 0.1) is 12.1 Å². The van der Waals surface area contributed by atoms with Gasteiger partial charge in [-0.3, -0.25) is 4.79 Å². The van der Waals surface area contributed by atoms with Crippen molar-refractivity contribution in [3.8, 4) is 5.75 Å². The van der Waals surface area contributed by atoms with E-state index >= 15 is 0 Å². The lowest BCUT2D eigenvalue weighted by Gasteiger charge is -2.21. The minimum absolute atomic E-state index is 0.197. The normalized spacial score (nSPS) is 12.6. The lowest BCUT2D eigenvalue weighted by Crippen LogP contribution is -2.51. The van der Waals surface area contributed by atoms with Crippen molar-refractivity contribution in [2.75, 3.05) is 18.8 Å². The number of phenolic OH excluding ortho intramolecular Hbond substituents is 1. The van der Waals surface area contributed by atoms with Crippen LogP contribution in [0.3, 0.4) is 0 Å². The number of amides is 1. The number of aromatic nitrogens is 1. The minimum atomic E-state index is -0.650. The van der Waals surface area contributed by atoms with E-state index in [1.807, 2.05) is 55.5 Å². The molecule has 0 aliphatic rings. The molecule has 8 nitrogen and oxygen atoms in total. The van der Waals surface area contributed by atoms with Gasteiger partial charge in [-0.1, -0.05) is 48.5 Å². The number of benzene rings is 2. The second kappa shape index (κ2) is 14.7. The number of nitrogens with two attached hydrogens (primary N) is 1. The number of nitrogen functional groups attached to an aromatic ring is 1. The summed E-state index contributed by atoms with van der Waals surface area (Å²) in [5.41, 5.74) is 9.73. The van der Waals surface area contributed by atoms with Crippen LogP contribution < -0.4 is 21.7 Å². The van der Waals surface area contributed by atoms with Gasteiger partial charge < -0.3 is 31.6 Å². The van der Waals surface area contributed by atoms with Crippen LogP contribution in [-0.4, -0.2) is 47.5 Å². The van der Waals surface area contributed by atoms with Gasteiger partial charge in [0.25, 0.3) is 0 Å². The molecule has 8 heteroatoms. The number of carbonyl (C=O) groups is 2. The molecule has 1 amide bonds. The van der Waals surface area contributed by atoms with E-state index in [-0.39, 0.29) is 11.7 Å². The number of aryl methyl sites for hydroxylation is 3. The van der Waals surface area contributed by atoms with Crippen molar-refractivity contribution in [2.45, 2.75) is 51.2 Å². The second-order valence-corrected chi connectivity index (χ2v) is 9.17. The van der Waals surface area contributed by atoms with Crippen LogP contribution in [0.2, 0.25) is 0 Å². The zero-order chi connectivity index (χ0) is 26.5. The number of nitrogens with zero attached hydrogens (tertiary/aromatic N) is 1. The molecule has 196 valence electrons. The fourth-order valence-electron chi connectivity index (χ4n) is 4.14. The van der Waals surface area contributed by atoms with Gasteiger partial charge in [0.1, 0.15) is 17.9 Å². The van der Waals surface area contributed by atoms with E-state index in [1.54, 1.807) is 18.2 Å². The first-order valence-electron chi connectivity index (χ1n) is 12.7. The molecular formula is C29H37N5O3. The van der Waals surface area contributed by atoms with Crippen molar-refractivity contribution in [1.82, 2.24) is 20.9 Å². The number of anilines is 1. The number of aldehydes is 1. The highest BCUT2D eigenvalue weighted by atomic mass is 16.3. The minimum Gasteiger partial charge on any atom is -0.508 e. The van der Waals surface area contributed by atoms with Crippen LogP contribution in [0.1, 0.15) is 35.2 Å². The van der Waals surface area contributed by atoms with E-state index in [2.05, 4.69) is 20.9 Å². The third-order valence-electron chi connectivity index (χ3n) is 6.21. The Kier molecular flexibility index (Phi) is 11.1. The molecule has 0 radical (unpaired) electrons. The average molecular weight is 504 g/mol. The maximum Gasteiger partial charge on any atom is 0.237 e. The van der Waals surface area contributed by atoms with Gasteiger partial charge in [-0.05, 0) is 74.0 Å². The lowest BCUT2D eigenvalue weighted by molar-refractivity contribution is -0.125. The summed E-state index contributed by atoms with van der Waals surface area (Å²) in [5.74, 6) is 0.523. The molecule has 6 N–H and O–H groups in total. The summed E-state index contributed by atoms with van der Waals surface area (Å²) in [7, 11) is 0. The van der Waals surface area contributed by atoms with E-state index in [0.29, 0.717) is 31.9 Å². The number of hydrogen-bond acceptors (Lipinski definition) is 7. The number of phenols is 1. The van der Waals surface area contributed by atoms with E-state index in [9.17, 15) is 14.7 Å².